The molecule has 20 heavy (non-hydrogen) atoms. The number of hydrogen-bond donors (Lipinski definition) is 2. The first-order chi connectivity index (χ1) is 9.14. The Morgan fingerprint density at radius 2 is 2.10 bits per heavy atom. The van der Waals surface area contributed by atoms with E-state index in [2.05, 4.69) is 31.1 Å². The maximum absolute atomic E-state index is 11.9. The molecule has 0 saturated heterocycles. The Morgan fingerprint density at radius 3 is 2.60 bits per heavy atom. The van der Waals surface area contributed by atoms with Gasteiger partial charge in [-0.15, -0.1) is 11.3 Å². The van der Waals surface area contributed by atoms with Gasteiger partial charge in [0.1, 0.15) is 0 Å². The molecule has 1 aromatic heterocycles. The van der Waals surface area contributed by atoms with E-state index in [1.165, 1.54) is 0 Å². The Bertz CT molecular complexity index is 450. The fourth-order valence-corrected chi connectivity index (χ4v) is 3.24. The first-order valence-electron chi connectivity index (χ1n) is 6.57. The predicted octanol–water partition coefficient (Wildman–Crippen LogP) is 2.21. The molecule has 1 heterocycles. The van der Waals surface area contributed by atoms with Gasteiger partial charge in [-0.25, -0.2) is 4.98 Å². The minimum atomic E-state index is -0.867. The second-order valence-corrected chi connectivity index (χ2v) is 8.00. The molecule has 0 spiro atoms. The van der Waals surface area contributed by atoms with E-state index < -0.39 is 5.60 Å². The average molecular weight is 316 g/mol. The molecule has 0 bridgehead atoms. The zero-order chi connectivity index (χ0) is 15.4. The van der Waals surface area contributed by atoms with Crippen LogP contribution in [-0.2, 0) is 16.6 Å². The summed E-state index contributed by atoms with van der Waals surface area (Å²) < 4.78 is 0. The largest absolute Gasteiger partial charge is 0.387 e. The number of carbonyl (C=O) groups excluding carboxylic acids is 1. The van der Waals surface area contributed by atoms with Crippen LogP contribution in [0.4, 0.5) is 0 Å². The minimum absolute atomic E-state index is 0.0153. The monoisotopic (exact) mass is 316 g/mol. The number of aromatic nitrogens is 1. The van der Waals surface area contributed by atoms with Gasteiger partial charge < -0.3 is 10.4 Å². The van der Waals surface area contributed by atoms with Crippen molar-refractivity contribution in [1.82, 2.24) is 10.3 Å². The van der Waals surface area contributed by atoms with Crippen LogP contribution < -0.4 is 5.32 Å². The molecule has 1 aromatic rings. The highest BCUT2D eigenvalue weighted by Gasteiger charge is 2.21. The summed E-state index contributed by atoms with van der Waals surface area (Å²) in [5.41, 5.74) is -0.0586. The van der Waals surface area contributed by atoms with Crippen molar-refractivity contribution in [2.45, 2.75) is 45.1 Å². The summed E-state index contributed by atoms with van der Waals surface area (Å²) in [5.74, 6) is 0.496. The maximum atomic E-state index is 11.9. The molecule has 1 atom stereocenters. The zero-order valence-electron chi connectivity index (χ0n) is 12.8. The summed E-state index contributed by atoms with van der Waals surface area (Å²) in [7, 11) is 0. The van der Waals surface area contributed by atoms with Crippen molar-refractivity contribution in [2.24, 2.45) is 0 Å². The van der Waals surface area contributed by atoms with Crippen molar-refractivity contribution in [3.05, 3.63) is 16.1 Å². The smallest absolute Gasteiger partial charge is 0.226 e. The normalized spacial score (nSPS) is 14.9. The molecule has 0 aliphatic carbocycles. The molecule has 4 nitrogen and oxygen atoms in total. The average Bonchev–Trinajstić information content (AvgIpc) is 2.75. The molecule has 2 N–H and O–H groups in total. The highest BCUT2D eigenvalue weighted by atomic mass is 32.2. The summed E-state index contributed by atoms with van der Waals surface area (Å²) in [6.45, 7) is 8.31. The summed E-state index contributed by atoms with van der Waals surface area (Å²) in [4.78, 5) is 16.4. The van der Waals surface area contributed by atoms with Gasteiger partial charge in [0.25, 0.3) is 0 Å². The Labute approximate surface area is 129 Å². The van der Waals surface area contributed by atoms with E-state index in [1.54, 1.807) is 30.0 Å². The standard InChI is InChI=1S/C14H24N2O2S2/c1-13(2,3)12-16-10(7-20-12)6-11(17)15-8-14(4,18)9-19-5/h7,18H,6,8-9H2,1-5H3,(H,15,17). The lowest BCUT2D eigenvalue weighted by atomic mass is 9.98. The molecule has 114 valence electrons. The highest BCUT2D eigenvalue weighted by molar-refractivity contribution is 7.98. The van der Waals surface area contributed by atoms with Crippen molar-refractivity contribution in [2.75, 3.05) is 18.6 Å². The van der Waals surface area contributed by atoms with E-state index in [4.69, 9.17) is 0 Å². The van der Waals surface area contributed by atoms with Gasteiger partial charge in [0.15, 0.2) is 0 Å². The van der Waals surface area contributed by atoms with Crippen molar-refractivity contribution in [1.29, 1.82) is 0 Å². The van der Waals surface area contributed by atoms with Crippen molar-refractivity contribution in [3.63, 3.8) is 0 Å². The second kappa shape index (κ2) is 6.91. The topological polar surface area (TPSA) is 62.2 Å². The second-order valence-electron chi connectivity index (χ2n) is 6.28. The Balaban J connectivity index is 2.49. The number of amides is 1. The van der Waals surface area contributed by atoms with Gasteiger partial charge in [-0.2, -0.15) is 11.8 Å². The Hall–Kier alpha value is -0.590. The van der Waals surface area contributed by atoms with E-state index in [-0.39, 0.29) is 24.3 Å². The van der Waals surface area contributed by atoms with Gasteiger partial charge in [0, 0.05) is 23.1 Å². The van der Waals surface area contributed by atoms with Gasteiger partial charge >= 0.3 is 0 Å². The quantitative estimate of drug-likeness (QED) is 0.845. The summed E-state index contributed by atoms with van der Waals surface area (Å²) in [6.07, 6.45) is 2.20. The predicted molar refractivity (Wildman–Crippen MR) is 86.5 cm³/mol. The summed E-state index contributed by atoms with van der Waals surface area (Å²) >= 11 is 3.14. The van der Waals surface area contributed by atoms with Crippen LogP contribution in [0.3, 0.4) is 0 Å². The van der Waals surface area contributed by atoms with Gasteiger partial charge in [0.2, 0.25) is 5.91 Å². The van der Waals surface area contributed by atoms with Crippen molar-refractivity contribution >= 4 is 29.0 Å². The van der Waals surface area contributed by atoms with Crippen LogP contribution in [0.2, 0.25) is 0 Å². The third-order valence-corrected chi connectivity index (χ3v) is 4.88. The Morgan fingerprint density at radius 1 is 1.45 bits per heavy atom. The molecule has 0 radical (unpaired) electrons. The fourth-order valence-electron chi connectivity index (χ4n) is 1.61. The zero-order valence-corrected chi connectivity index (χ0v) is 14.5. The SMILES string of the molecule is CSCC(C)(O)CNC(=O)Cc1csc(C(C)(C)C)n1. The van der Waals surface area contributed by atoms with Gasteiger partial charge in [0.05, 0.1) is 22.7 Å². The molecule has 0 aromatic carbocycles. The molecule has 1 rings (SSSR count). The summed E-state index contributed by atoms with van der Waals surface area (Å²) in [6, 6.07) is 0. The molecular weight excluding hydrogens is 292 g/mol. The molecule has 1 amide bonds. The van der Waals surface area contributed by atoms with Crippen LogP contribution in [0.15, 0.2) is 5.38 Å². The van der Waals surface area contributed by atoms with Crippen LogP contribution in [0, 0.1) is 0 Å². The maximum Gasteiger partial charge on any atom is 0.226 e. The lowest BCUT2D eigenvalue weighted by molar-refractivity contribution is -0.121. The molecular formula is C14H24N2O2S2. The molecule has 0 aliphatic rings. The van der Waals surface area contributed by atoms with Crippen LogP contribution in [0.1, 0.15) is 38.4 Å². The third-order valence-electron chi connectivity index (χ3n) is 2.66. The van der Waals surface area contributed by atoms with Crippen molar-refractivity contribution in [3.8, 4) is 0 Å². The number of nitrogens with zero attached hydrogens (tertiary/aromatic N) is 1. The van der Waals surface area contributed by atoms with Crippen molar-refractivity contribution < 1.29 is 9.90 Å². The fraction of sp³-hybridized carbons (Fsp3) is 0.714. The van der Waals surface area contributed by atoms with Crippen LogP contribution in [0.5, 0.6) is 0 Å². The molecule has 1 unspecified atom stereocenters. The van der Waals surface area contributed by atoms with Crippen LogP contribution >= 0.6 is 23.1 Å². The lowest BCUT2D eigenvalue weighted by Crippen LogP contribution is -2.42. The van der Waals surface area contributed by atoms with E-state index >= 15 is 0 Å². The number of nitrogens with one attached hydrogen (secondary N) is 1. The number of rotatable bonds is 6. The first-order valence-corrected chi connectivity index (χ1v) is 8.84. The van der Waals surface area contributed by atoms with E-state index in [1.807, 2.05) is 11.6 Å². The van der Waals surface area contributed by atoms with E-state index in [9.17, 15) is 9.90 Å². The van der Waals surface area contributed by atoms with Gasteiger partial charge in [-0.05, 0) is 13.2 Å². The number of carbonyl (C=O) groups is 1. The van der Waals surface area contributed by atoms with Gasteiger partial charge in [-0.1, -0.05) is 20.8 Å². The molecule has 6 heteroatoms. The van der Waals surface area contributed by atoms with Crippen LogP contribution in [-0.4, -0.2) is 40.2 Å². The number of thioether (sulfide) groups is 1. The highest BCUT2D eigenvalue weighted by Crippen LogP contribution is 2.25. The van der Waals surface area contributed by atoms with Crippen LogP contribution in [0.25, 0.3) is 0 Å². The molecule has 0 saturated carbocycles. The minimum Gasteiger partial charge on any atom is -0.387 e. The first kappa shape index (κ1) is 17.5. The number of aliphatic hydroxyl groups is 1. The molecule has 0 aliphatic heterocycles. The van der Waals surface area contributed by atoms with E-state index in [0.717, 1.165) is 10.7 Å². The third kappa shape index (κ3) is 5.81. The molecule has 0 fully saturated rings. The lowest BCUT2D eigenvalue weighted by Gasteiger charge is -2.22. The Kier molecular flexibility index (Phi) is 6.04. The van der Waals surface area contributed by atoms with Gasteiger partial charge in [-0.3, -0.25) is 4.79 Å². The summed E-state index contributed by atoms with van der Waals surface area (Å²) in [5, 5.41) is 15.7. The van der Waals surface area contributed by atoms with E-state index in [0.29, 0.717) is 5.75 Å². The number of hydrogen-bond acceptors (Lipinski definition) is 5. The number of thiazole rings is 1.